The molecule has 1 amide bonds. The summed E-state index contributed by atoms with van der Waals surface area (Å²) in [5, 5.41) is 0. The van der Waals surface area contributed by atoms with Gasteiger partial charge in [-0.3, -0.25) is 4.79 Å². The highest BCUT2D eigenvalue weighted by Gasteiger charge is 2.27. The molecule has 2 aliphatic heterocycles. The van der Waals surface area contributed by atoms with Gasteiger partial charge in [-0.15, -0.1) is 11.6 Å². The molecule has 1 atom stereocenters. The maximum atomic E-state index is 13.4. The molecule has 0 spiro atoms. The smallest absolute Gasteiger partial charge is 0.261 e. The van der Waals surface area contributed by atoms with E-state index in [1.807, 2.05) is 0 Å². The summed E-state index contributed by atoms with van der Waals surface area (Å²) in [7, 11) is 1.57. The van der Waals surface area contributed by atoms with Gasteiger partial charge in [0.1, 0.15) is 23.6 Å². The number of nitrogens with zero attached hydrogens (tertiary/aromatic N) is 4. The highest BCUT2D eigenvalue weighted by atomic mass is 35.5. The number of halogens is 2. The van der Waals surface area contributed by atoms with E-state index in [0.717, 1.165) is 51.5 Å². The van der Waals surface area contributed by atoms with Crippen LogP contribution in [0.4, 0.5) is 10.2 Å². The third-order valence-electron chi connectivity index (χ3n) is 6.24. The number of nitrogen functional groups attached to an aromatic ring is 1. The Morgan fingerprint density at radius 1 is 1.32 bits per heavy atom. The van der Waals surface area contributed by atoms with Crippen molar-refractivity contribution in [1.82, 2.24) is 19.8 Å². The lowest BCUT2D eigenvalue weighted by Crippen LogP contribution is -2.36. The zero-order valence-corrected chi connectivity index (χ0v) is 19.9. The van der Waals surface area contributed by atoms with Gasteiger partial charge in [0, 0.05) is 25.1 Å². The van der Waals surface area contributed by atoms with Crippen molar-refractivity contribution in [2.24, 2.45) is 0 Å². The van der Waals surface area contributed by atoms with Crippen LogP contribution in [0.3, 0.4) is 0 Å². The summed E-state index contributed by atoms with van der Waals surface area (Å²) in [5.41, 5.74) is 6.73. The van der Waals surface area contributed by atoms with E-state index in [1.54, 1.807) is 36.5 Å². The molecule has 0 bridgehead atoms. The van der Waals surface area contributed by atoms with Crippen LogP contribution in [0.25, 0.3) is 0 Å². The summed E-state index contributed by atoms with van der Waals surface area (Å²) in [6, 6.07) is 5.16. The molecule has 2 aromatic rings. The molecule has 0 aliphatic carbocycles. The number of allylic oxidation sites excluding steroid dienone is 1. The monoisotopic (exact) mass is 489 g/mol. The number of carbonyl (C=O) groups excluding carboxylic acids is 1. The SMILES string of the molecule is COc1ccc2c(c1)OC=C(CCl)N(CCCCN1CCCC(c3ncc(F)c(N)n3)C1)C2=O. The van der Waals surface area contributed by atoms with Gasteiger partial charge in [-0.05, 0) is 50.9 Å². The predicted molar refractivity (Wildman–Crippen MR) is 128 cm³/mol. The molecule has 34 heavy (non-hydrogen) atoms. The number of carbonyl (C=O) groups is 1. The number of benzene rings is 1. The molecule has 0 radical (unpaired) electrons. The van der Waals surface area contributed by atoms with Gasteiger partial charge in [0.25, 0.3) is 5.91 Å². The third-order valence-corrected chi connectivity index (χ3v) is 6.51. The number of methoxy groups -OCH3 is 1. The average molecular weight is 490 g/mol. The Morgan fingerprint density at radius 2 is 2.15 bits per heavy atom. The minimum atomic E-state index is -0.586. The molecule has 1 aromatic carbocycles. The first-order chi connectivity index (χ1) is 16.5. The molecule has 1 saturated heterocycles. The minimum absolute atomic E-state index is 0.101. The lowest BCUT2D eigenvalue weighted by atomic mass is 9.97. The van der Waals surface area contributed by atoms with Crippen LogP contribution in [0.15, 0.2) is 36.4 Å². The molecule has 2 N–H and O–H groups in total. The van der Waals surface area contributed by atoms with Crippen LogP contribution in [-0.2, 0) is 0 Å². The zero-order valence-electron chi connectivity index (χ0n) is 19.2. The van der Waals surface area contributed by atoms with Crippen molar-refractivity contribution in [2.45, 2.75) is 31.6 Å². The predicted octanol–water partition coefficient (Wildman–Crippen LogP) is 3.78. The van der Waals surface area contributed by atoms with Crippen LogP contribution >= 0.6 is 11.6 Å². The largest absolute Gasteiger partial charge is 0.497 e. The highest BCUT2D eigenvalue weighted by molar-refractivity contribution is 6.19. The molecule has 4 rings (SSSR count). The Kier molecular flexibility index (Phi) is 7.84. The summed E-state index contributed by atoms with van der Waals surface area (Å²) >= 11 is 6.12. The number of hydrogen-bond acceptors (Lipinski definition) is 7. The fourth-order valence-corrected chi connectivity index (χ4v) is 4.60. The number of rotatable bonds is 8. The molecule has 8 nitrogen and oxygen atoms in total. The van der Waals surface area contributed by atoms with Gasteiger partial charge in [0.15, 0.2) is 11.6 Å². The molecule has 182 valence electrons. The Morgan fingerprint density at radius 3 is 2.91 bits per heavy atom. The summed E-state index contributed by atoms with van der Waals surface area (Å²) in [4.78, 5) is 25.5. The van der Waals surface area contributed by atoms with E-state index < -0.39 is 5.82 Å². The van der Waals surface area contributed by atoms with Crippen LogP contribution in [0.5, 0.6) is 11.5 Å². The molecule has 1 aromatic heterocycles. The molecular weight excluding hydrogens is 461 g/mol. The number of likely N-dealkylation sites (tertiary alicyclic amines) is 1. The molecule has 3 heterocycles. The number of aromatic nitrogens is 2. The Balaban J connectivity index is 1.33. The van der Waals surface area contributed by atoms with Crippen LogP contribution in [0.2, 0.25) is 0 Å². The molecule has 10 heteroatoms. The fourth-order valence-electron chi connectivity index (χ4n) is 4.39. The molecule has 1 fully saturated rings. The standard InChI is InChI=1S/C24H29ClFN5O3/c1-33-18-6-7-19-21(11-18)34-15-17(12-25)31(24(19)32)10-3-2-8-30-9-4-5-16(14-30)23-28-13-20(26)22(27)29-23/h6-7,11,13,15-16H,2-5,8-10,12,14H2,1H3,(H2,27,28,29). The van der Waals surface area contributed by atoms with Crippen molar-refractivity contribution < 1.29 is 18.7 Å². The van der Waals surface area contributed by atoms with Crippen LogP contribution < -0.4 is 15.2 Å². The number of piperidine rings is 1. The van der Waals surface area contributed by atoms with Crippen molar-refractivity contribution >= 4 is 23.3 Å². The van der Waals surface area contributed by atoms with Gasteiger partial charge in [-0.2, -0.15) is 0 Å². The number of fused-ring (bicyclic) bond motifs is 1. The van der Waals surface area contributed by atoms with Crippen molar-refractivity contribution in [3.63, 3.8) is 0 Å². The van der Waals surface area contributed by atoms with Crippen LogP contribution in [0.1, 0.15) is 47.8 Å². The summed E-state index contributed by atoms with van der Waals surface area (Å²) in [6.45, 7) is 3.23. The lowest BCUT2D eigenvalue weighted by molar-refractivity contribution is 0.0804. The summed E-state index contributed by atoms with van der Waals surface area (Å²) in [6.07, 6.45) is 6.39. The maximum Gasteiger partial charge on any atom is 0.261 e. The van der Waals surface area contributed by atoms with E-state index in [1.165, 1.54) is 0 Å². The summed E-state index contributed by atoms with van der Waals surface area (Å²) in [5.74, 6) is 1.17. The Labute approximate surface area is 203 Å². The maximum absolute atomic E-state index is 13.4. The fraction of sp³-hybridized carbons (Fsp3) is 0.458. The molecule has 1 unspecified atom stereocenters. The third kappa shape index (κ3) is 5.42. The van der Waals surface area contributed by atoms with Crippen molar-refractivity contribution in [3.05, 3.63) is 53.6 Å². The van der Waals surface area contributed by atoms with Gasteiger partial charge in [-0.25, -0.2) is 14.4 Å². The molecule has 0 saturated carbocycles. The number of anilines is 1. The number of alkyl halides is 1. The van der Waals surface area contributed by atoms with Gasteiger partial charge < -0.3 is 25.0 Å². The van der Waals surface area contributed by atoms with Crippen LogP contribution in [0, 0.1) is 5.82 Å². The topological polar surface area (TPSA) is 93.8 Å². The Bertz CT molecular complexity index is 1070. The minimum Gasteiger partial charge on any atom is -0.497 e. The summed E-state index contributed by atoms with van der Waals surface area (Å²) < 4.78 is 24.4. The van der Waals surface area contributed by atoms with Gasteiger partial charge >= 0.3 is 0 Å². The van der Waals surface area contributed by atoms with Gasteiger partial charge in [0.2, 0.25) is 0 Å². The second-order valence-electron chi connectivity index (χ2n) is 8.49. The first kappa shape index (κ1) is 24.2. The average Bonchev–Trinajstić information content (AvgIpc) is 2.99. The second kappa shape index (κ2) is 11.0. The van der Waals surface area contributed by atoms with E-state index in [0.29, 0.717) is 35.1 Å². The van der Waals surface area contributed by atoms with E-state index in [4.69, 9.17) is 26.8 Å². The number of nitrogens with two attached hydrogens (primary N) is 1. The van der Waals surface area contributed by atoms with Crippen molar-refractivity contribution in [3.8, 4) is 11.5 Å². The van der Waals surface area contributed by atoms with E-state index >= 15 is 0 Å². The first-order valence-electron chi connectivity index (χ1n) is 11.4. The number of unbranched alkanes of at least 4 members (excludes halogenated alkanes) is 1. The van der Waals surface area contributed by atoms with E-state index in [9.17, 15) is 9.18 Å². The Hall–Kier alpha value is -2.91. The van der Waals surface area contributed by atoms with Crippen molar-refractivity contribution in [2.75, 3.05) is 44.9 Å². The van der Waals surface area contributed by atoms with Crippen molar-refractivity contribution in [1.29, 1.82) is 0 Å². The number of ether oxygens (including phenoxy) is 2. The molecule has 2 aliphatic rings. The van der Waals surface area contributed by atoms with Crippen LogP contribution in [-0.4, -0.2) is 64.8 Å². The molecular formula is C24H29ClFN5O3. The number of amides is 1. The normalized spacial score (nSPS) is 18.7. The highest BCUT2D eigenvalue weighted by Crippen LogP contribution is 2.31. The lowest BCUT2D eigenvalue weighted by Gasteiger charge is -2.32. The van der Waals surface area contributed by atoms with Gasteiger partial charge in [0.05, 0.1) is 30.4 Å². The van der Waals surface area contributed by atoms with Gasteiger partial charge in [-0.1, -0.05) is 0 Å². The quantitative estimate of drug-likeness (QED) is 0.445. The first-order valence-corrected chi connectivity index (χ1v) is 12.0. The van der Waals surface area contributed by atoms with E-state index in [2.05, 4.69) is 14.9 Å². The van der Waals surface area contributed by atoms with E-state index in [-0.39, 0.29) is 23.5 Å². The second-order valence-corrected chi connectivity index (χ2v) is 8.76. The number of hydrogen-bond donors (Lipinski definition) is 1. The zero-order chi connectivity index (χ0) is 24.1.